The first kappa shape index (κ1) is 13.6. The average Bonchev–Trinajstić information content (AvgIpc) is 2.46. The third-order valence-corrected chi connectivity index (χ3v) is 3.30. The first-order valence-corrected chi connectivity index (χ1v) is 6.52. The van der Waals surface area contributed by atoms with Crippen LogP contribution in [0.1, 0.15) is 22.3 Å². The number of hydrogen-bond donors (Lipinski definition) is 2. The Morgan fingerprint density at radius 3 is 3.00 bits per heavy atom. The van der Waals surface area contributed by atoms with E-state index in [9.17, 15) is 4.79 Å². The minimum absolute atomic E-state index is 0.0577. The van der Waals surface area contributed by atoms with Crippen molar-refractivity contribution in [2.24, 2.45) is 0 Å². The molecule has 0 aromatic heterocycles. The van der Waals surface area contributed by atoms with Gasteiger partial charge in [0.15, 0.2) is 0 Å². The molecule has 1 aliphatic rings. The minimum atomic E-state index is -0.0577. The molecule has 2 N–H and O–H groups in total. The SMILES string of the molecule is COc1cc(C(=O)NCC2=CCNCC2)ccc1C. The number of aryl methyl sites for hydroxylation is 1. The van der Waals surface area contributed by atoms with Gasteiger partial charge in [-0.3, -0.25) is 4.79 Å². The van der Waals surface area contributed by atoms with Gasteiger partial charge in [0.1, 0.15) is 5.75 Å². The minimum Gasteiger partial charge on any atom is -0.496 e. The second kappa shape index (κ2) is 6.38. The topological polar surface area (TPSA) is 50.4 Å². The Bertz CT molecular complexity index is 495. The Labute approximate surface area is 113 Å². The van der Waals surface area contributed by atoms with Crippen LogP contribution in [-0.2, 0) is 0 Å². The number of nitrogens with one attached hydrogen (secondary N) is 2. The van der Waals surface area contributed by atoms with Crippen LogP contribution in [0, 0.1) is 6.92 Å². The second-order valence-electron chi connectivity index (χ2n) is 4.68. The predicted octanol–water partition coefficient (Wildman–Crippen LogP) is 1.65. The number of amides is 1. The summed E-state index contributed by atoms with van der Waals surface area (Å²) in [6.45, 7) is 4.46. The summed E-state index contributed by atoms with van der Waals surface area (Å²) in [5, 5.41) is 6.20. The summed E-state index contributed by atoms with van der Waals surface area (Å²) in [6.07, 6.45) is 3.14. The molecule has 1 aromatic rings. The molecule has 1 aliphatic heterocycles. The molecule has 0 saturated heterocycles. The fourth-order valence-corrected chi connectivity index (χ4v) is 2.09. The molecule has 19 heavy (non-hydrogen) atoms. The van der Waals surface area contributed by atoms with Gasteiger partial charge >= 0.3 is 0 Å². The van der Waals surface area contributed by atoms with Crippen LogP contribution in [0.3, 0.4) is 0 Å². The second-order valence-corrected chi connectivity index (χ2v) is 4.68. The van der Waals surface area contributed by atoms with Gasteiger partial charge in [0.05, 0.1) is 7.11 Å². The lowest BCUT2D eigenvalue weighted by Crippen LogP contribution is -2.29. The van der Waals surface area contributed by atoms with E-state index in [2.05, 4.69) is 16.7 Å². The van der Waals surface area contributed by atoms with Gasteiger partial charge in [-0.15, -0.1) is 0 Å². The summed E-state index contributed by atoms with van der Waals surface area (Å²) >= 11 is 0. The van der Waals surface area contributed by atoms with Crippen LogP contribution in [-0.4, -0.2) is 32.7 Å². The Hall–Kier alpha value is -1.81. The van der Waals surface area contributed by atoms with Crippen molar-refractivity contribution >= 4 is 5.91 Å². The number of ether oxygens (including phenoxy) is 1. The molecular weight excluding hydrogens is 240 g/mol. The maximum absolute atomic E-state index is 12.1. The highest BCUT2D eigenvalue weighted by Gasteiger charge is 2.09. The van der Waals surface area contributed by atoms with Crippen molar-refractivity contribution < 1.29 is 9.53 Å². The maximum Gasteiger partial charge on any atom is 0.251 e. The van der Waals surface area contributed by atoms with E-state index in [0.29, 0.717) is 12.1 Å². The summed E-state index contributed by atoms with van der Waals surface area (Å²) in [5.74, 6) is 0.687. The molecule has 4 nitrogen and oxygen atoms in total. The molecule has 4 heteroatoms. The lowest BCUT2D eigenvalue weighted by atomic mass is 10.1. The Morgan fingerprint density at radius 1 is 1.47 bits per heavy atom. The summed E-state index contributed by atoms with van der Waals surface area (Å²) in [4.78, 5) is 12.1. The zero-order chi connectivity index (χ0) is 13.7. The van der Waals surface area contributed by atoms with E-state index in [1.54, 1.807) is 13.2 Å². The Balaban J connectivity index is 1.97. The molecule has 1 heterocycles. The number of benzene rings is 1. The molecule has 0 bridgehead atoms. The predicted molar refractivity (Wildman–Crippen MR) is 75.6 cm³/mol. The number of hydrogen-bond acceptors (Lipinski definition) is 3. The first-order valence-electron chi connectivity index (χ1n) is 6.52. The third kappa shape index (κ3) is 3.58. The van der Waals surface area contributed by atoms with Gasteiger partial charge < -0.3 is 15.4 Å². The average molecular weight is 260 g/mol. The monoisotopic (exact) mass is 260 g/mol. The fraction of sp³-hybridized carbons (Fsp3) is 0.400. The van der Waals surface area contributed by atoms with Crippen molar-refractivity contribution in [2.45, 2.75) is 13.3 Å². The van der Waals surface area contributed by atoms with Gasteiger partial charge in [0.2, 0.25) is 0 Å². The van der Waals surface area contributed by atoms with Crippen molar-refractivity contribution in [2.75, 3.05) is 26.7 Å². The molecular formula is C15H20N2O2. The molecule has 0 atom stereocenters. The quantitative estimate of drug-likeness (QED) is 0.809. The molecule has 0 radical (unpaired) electrons. The van der Waals surface area contributed by atoms with Gasteiger partial charge in [-0.25, -0.2) is 0 Å². The van der Waals surface area contributed by atoms with Crippen LogP contribution in [0.2, 0.25) is 0 Å². The van der Waals surface area contributed by atoms with Gasteiger partial charge in [-0.1, -0.05) is 17.7 Å². The summed E-state index contributed by atoms with van der Waals surface area (Å²) < 4.78 is 5.23. The van der Waals surface area contributed by atoms with Crippen molar-refractivity contribution in [1.29, 1.82) is 0 Å². The highest BCUT2D eigenvalue weighted by atomic mass is 16.5. The number of carbonyl (C=O) groups excluding carboxylic acids is 1. The highest BCUT2D eigenvalue weighted by Crippen LogP contribution is 2.18. The summed E-state index contributed by atoms with van der Waals surface area (Å²) in [5.41, 5.74) is 2.95. The van der Waals surface area contributed by atoms with Crippen LogP contribution in [0.5, 0.6) is 5.75 Å². The molecule has 1 amide bonds. The van der Waals surface area contributed by atoms with E-state index in [-0.39, 0.29) is 5.91 Å². The van der Waals surface area contributed by atoms with Crippen molar-refractivity contribution in [3.05, 3.63) is 41.0 Å². The molecule has 0 spiro atoms. The van der Waals surface area contributed by atoms with Gasteiger partial charge in [-0.2, -0.15) is 0 Å². The molecule has 1 aromatic carbocycles. The van der Waals surface area contributed by atoms with Crippen molar-refractivity contribution in [3.63, 3.8) is 0 Å². The number of carbonyl (C=O) groups is 1. The maximum atomic E-state index is 12.1. The van der Waals surface area contributed by atoms with Gasteiger partial charge in [0.25, 0.3) is 5.91 Å². The molecule has 0 aliphatic carbocycles. The fourth-order valence-electron chi connectivity index (χ4n) is 2.09. The van der Waals surface area contributed by atoms with Crippen molar-refractivity contribution in [3.8, 4) is 5.75 Å². The van der Waals surface area contributed by atoms with Crippen LogP contribution < -0.4 is 15.4 Å². The van der Waals surface area contributed by atoms with Gasteiger partial charge in [-0.05, 0) is 37.6 Å². The molecule has 0 unspecified atom stereocenters. The van der Waals surface area contributed by atoms with E-state index in [1.165, 1.54) is 5.57 Å². The van der Waals surface area contributed by atoms with E-state index in [0.717, 1.165) is 30.8 Å². The van der Waals surface area contributed by atoms with E-state index in [4.69, 9.17) is 4.74 Å². The van der Waals surface area contributed by atoms with Crippen LogP contribution >= 0.6 is 0 Å². The summed E-state index contributed by atoms with van der Waals surface area (Å²) in [7, 11) is 1.61. The lowest BCUT2D eigenvalue weighted by molar-refractivity contribution is 0.0956. The third-order valence-electron chi connectivity index (χ3n) is 3.30. The van der Waals surface area contributed by atoms with E-state index < -0.39 is 0 Å². The van der Waals surface area contributed by atoms with E-state index >= 15 is 0 Å². The highest BCUT2D eigenvalue weighted by molar-refractivity contribution is 5.94. The zero-order valence-corrected chi connectivity index (χ0v) is 11.5. The standard InChI is InChI=1S/C15H20N2O2/c1-11-3-4-13(9-14(11)19-2)15(18)17-10-12-5-7-16-8-6-12/h3-5,9,16H,6-8,10H2,1-2H3,(H,17,18). The molecule has 2 rings (SSSR count). The van der Waals surface area contributed by atoms with Crippen LogP contribution in [0.4, 0.5) is 0 Å². The van der Waals surface area contributed by atoms with E-state index in [1.807, 2.05) is 19.1 Å². The molecule has 102 valence electrons. The Morgan fingerprint density at radius 2 is 2.32 bits per heavy atom. The first-order chi connectivity index (χ1) is 9.20. The van der Waals surface area contributed by atoms with Crippen LogP contribution in [0.15, 0.2) is 29.8 Å². The Kier molecular flexibility index (Phi) is 4.58. The van der Waals surface area contributed by atoms with Crippen molar-refractivity contribution in [1.82, 2.24) is 10.6 Å². The number of methoxy groups -OCH3 is 1. The zero-order valence-electron chi connectivity index (χ0n) is 11.5. The summed E-state index contributed by atoms with van der Waals surface area (Å²) in [6, 6.07) is 5.50. The van der Waals surface area contributed by atoms with Crippen LogP contribution in [0.25, 0.3) is 0 Å². The van der Waals surface area contributed by atoms with Gasteiger partial charge in [0, 0.05) is 18.7 Å². The number of rotatable bonds is 4. The smallest absolute Gasteiger partial charge is 0.251 e. The largest absolute Gasteiger partial charge is 0.496 e. The normalized spacial score (nSPS) is 14.7. The molecule has 0 fully saturated rings. The molecule has 0 saturated carbocycles. The lowest BCUT2D eigenvalue weighted by Gasteiger charge is -2.15.